The van der Waals surface area contributed by atoms with Gasteiger partial charge in [0.25, 0.3) is 5.56 Å². The van der Waals surface area contributed by atoms with Gasteiger partial charge in [-0.1, -0.05) is 0 Å². The molecule has 3 heterocycles. The normalized spacial score (nSPS) is 27.7. The van der Waals surface area contributed by atoms with Gasteiger partial charge in [0.05, 0.1) is 6.61 Å². The quantitative estimate of drug-likeness (QED) is 0.570. The number of nitrogens with one attached hydrogen (secondary N) is 1. The molecular weight excluding hydrogens is 307 g/mol. The summed E-state index contributed by atoms with van der Waals surface area (Å²) in [5.74, 6) is -0.661. The summed E-state index contributed by atoms with van der Waals surface area (Å²) in [5.41, 5.74) is 0.567. The second-order valence-electron chi connectivity index (χ2n) is 5.73. The van der Waals surface area contributed by atoms with Gasteiger partial charge in [-0.15, -0.1) is 0 Å². The molecule has 124 valence electrons. The molecule has 7 nitrogen and oxygen atoms in total. The van der Waals surface area contributed by atoms with E-state index in [1.165, 1.54) is 6.07 Å². The zero-order valence-corrected chi connectivity index (χ0v) is 12.6. The van der Waals surface area contributed by atoms with Gasteiger partial charge in [0.2, 0.25) is 5.95 Å². The van der Waals surface area contributed by atoms with Gasteiger partial charge in [-0.25, -0.2) is 4.98 Å². The molecule has 0 saturated carbocycles. The average molecular weight is 324 g/mol. The van der Waals surface area contributed by atoms with Crippen LogP contribution in [-0.4, -0.2) is 50.2 Å². The number of aromatic amines is 1. The molecule has 4 atom stereocenters. The Morgan fingerprint density at radius 1 is 1.30 bits per heavy atom. The molecular formula is C15H17FN2O5. The van der Waals surface area contributed by atoms with Gasteiger partial charge >= 0.3 is 0 Å². The van der Waals surface area contributed by atoms with Crippen molar-refractivity contribution in [2.45, 2.75) is 38.3 Å². The number of aryl methyl sites for hydroxylation is 1. The maximum atomic E-state index is 13.7. The van der Waals surface area contributed by atoms with Gasteiger partial charge in [0.1, 0.15) is 30.1 Å². The molecule has 1 aliphatic rings. The van der Waals surface area contributed by atoms with E-state index < -0.39 is 42.5 Å². The summed E-state index contributed by atoms with van der Waals surface area (Å²) >= 11 is 0. The van der Waals surface area contributed by atoms with E-state index in [1.54, 1.807) is 13.8 Å². The van der Waals surface area contributed by atoms with E-state index in [4.69, 9.17) is 9.84 Å². The predicted molar refractivity (Wildman–Crippen MR) is 78.5 cm³/mol. The van der Waals surface area contributed by atoms with Crippen LogP contribution < -0.4 is 5.56 Å². The van der Waals surface area contributed by atoms with E-state index in [1.807, 2.05) is 0 Å². The molecule has 0 spiro atoms. The molecule has 0 aliphatic carbocycles. The molecule has 8 heteroatoms. The minimum absolute atomic E-state index is 0.0934. The van der Waals surface area contributed by atoms with Crippen LogP contribution in [0.1, 0.15) is 22.8 Å². The Labute approximate surface area is 130 Å². The number of nitrogens with zero attached hydrogens (tertiary/aromatic N) is 1. The maximum absolute atomic E-state index is 13.7. The molecule has 1 saturated heterocycles. The van der Waals surface area contributed by atoms with Gasteiger partial charge in [0, 0.05) is 16.5 Å². The number of aliphatic hydroxyl groups excluding tert-OH is 3. The van der Waals surface area contributed by atoms with Gasteiger partial charge in [-0.05, 0) is 25.5 Å². The Morgan fingerprint density at radius 3 is 2.61 bits per heavy atom. The fourth-order valence-electron chi connectivity index (χ4n) is 2.82. The lowest BCUT2D eigenvalue weighted by molar-refractivity contribution is -0.0231. The van der Waals surface area contributed by atoms with Crippen LogP contribution in [0.4, 0.5) is 4.39 Å². The minimum Gasteiger partial charge on any atom is -0.394 e. The number of pyridine rings is 2. The van der Waals surface area contributed by atoms with Crippen molar-refractivity contribution in [1.82, 2.24) is 9.97 Å². The van der Waals surface area contributed by atoms with Gasteiger partial charge in [-0.2, -0.15) is 4.39 Å². The zero-order valence-electron chi connectivity index (χ0n) is 12.6. The van der Waals surface area contributed by atoms with Crippen LogP contribution in [0.15, 0.2) is 10.9 Å². The Kier molecular flexibility index (Phi) is 3.93. The molecule has 0 amide bonds. The predicted octanol–water partition coefficient (Wildman–Crippen LogP) is -0.167. The molecule has 4 N–H and O–H groups in total. The summed E-state index contributed by atoms with van der Waals surface area (Å²) in [5, 5.41) is 29.5. The fourth-order valence-corrected chi connectivity index (χ4v) is 2.82. The summed E-state index contributed by atoms with van der Waals surface area (Å²) in [7, 11) is 0. The van der Waals surface area contributed by atoms with Gasteiger partial charge < -0.3 is 25.0 Å². The molecule has 23 heavy (non-hydrogen) atoms. The number of hydrogen-bond acceptors (Lipinski definition) is 6. The van der Waals surface area contributed by atoms with E-state index in [9.17, 15) is 19.4 Å². The summed E-state index contributed by atoms with van der Waals surface area (Å²) in [6.45, 7) is 2.79. The van der Waals surface area contributed by atoms with Crippen molar-refractivity contribution in [3.05, 3.63) is 39.1 Å². The average Bonchev–Trinajstić information content (AvgIpc) is 2.80. The van der Waals surface area contributed by atoms with Crippen LogP contribution in [0.2, 0.25) is 0 Å². The Hall–Kier alpha value is -1.87. The summed E-state index contributed by atoms with van der Waals surface area (Å²) in [6, 6.07) is 1.48. The van der Waals surface area contributed by atoms with Crippen molar-refractivity contribution >= 4 is 11.0 Å². The largest absolute Gasteiger partial charge is 0.394 e. The number of H-pyrrole nitrogens is 1. The SMILES string of the molecule is Cc1c(F)nc2[nH]c(=O)c([C@@H]3O[C@H](CO)C(O)C3O)cc2c1C. The Morgan fingerprint density at radius 2 is 2.00 bits per heavy atom. The highest BCUT2D eigenvalue weighted by Gasteiger charge is 2.44. The number of halogens is 1. The zero-order chi connectivity index (χ0) is 16.9. The smallest absolute Gasteiger partial charge is 0.255 e. The second-order valence-corrected chi connectivity index (χ2v) is 5.73. The van der Waals surface area contributed by atoms with Crippen LogP contribution in [0.3, 0.4) is 0 Å². The summed E-state index contributed by atoms with van der Waals surface area (Å²) < 4.78 is 19.1. The first kappa shape index (κ1) is 16.0. The molecule has 2 unspecified atom stereocenters. The third kappa shape index (κ3) is 2.43. The highest BCUT2D eigenvalue weighted by molar-refractivity contribution is 5.80. The highest BCUT2D eigenvalue weighted by Crippen LogP contribution is 2.33. The first-order valence-electron chi connectivity index (χ1n) is 7.17. The van der Waals surface area contributed by atoms with Crippen LogP contribution in [0, 0.1) is 19.8 Å². The van der Waals surface area contributed by atoms with E-state index in [0.717, 1.165) is 0 Å². The lowest BCUT2D eigenvalue weighted by atomic mass is 10.00. The van der Waals surface area contributed by atoms with E-state index in [2.05, 4.69) is 9.97 Å². The Bertz CT molecular complexity index is 822. The van der Waals surface area contributed by atoms with E-state index in [-0.39, 0.29) is 11.2 Å². The van der Waals surface area contributed by atoms with Crippen LogP contribution >= 0.6 is 0 Å². The molecule has 3 rings (SSSR count). The standard InChI is InChI=1S/C15H17FN2O5/c1-5-6(2)13(16)17-14-7(5)3-8(15(22)18-14)12-11(21)10(20)9(4-19)23-12/h3,9-12,19-21H,4H2,1-2H3,(H,17,18,22)/t9-,10?,11?,12+/m1/s1. The number of aromatic nitrogens is 2. The lowest BCUT2D eigenvalue weighted by Crippen LogP contribution is -2.33. The molecule has 2 aromatic heterocycles. The lowest BCUT2D eigenvalue weighted by Gasteiger charge is -2.15. The number of hydrogen-bond donors (Lipinski definition) is 4. The third-order valence-electron chi connectivity index (χ3n) is 4.38. The fraction of sp³-hybridized carbons (Fsp3) is 0.467. The van der Waals surface area contributed by atoms with Crippen molar-refractivity contribution in [3.63, 3.8) is 0 Å². The summed E-state index contributed by atoms with van der Waals surface area (Å²) in [4.78, 5) is 18.4. The molecule has 1 aliphatic heterocycles. The third-order valence-corrected chi connectivity index (χ3v) is 4.38. The monoisotopic (exact) mass is 324 g/mol. The second kappa shape index (κ2) is 5.64. The van der Waals surface area contributed by atoms with Gasteiger partial charge in [0.15, 0.2) is 0 Å². The highest BCUT2D eigenvalue weighted by atomic mass is 19.1. The maximum Gasteiger partial charge on any atom is 0.255 e. The minimum atomic E-state index is -1.35. The van der Waals surface area contributed by atoms with E-state index in [0.29, 0.717) is 16.5 Å². The van der Waals surface area contributed by atoms with Crippen molar-refractivity contribution < 1.29 is 24.4 Å². The summed E-state index contributed by atoms with van der Waals surface area (Å²) in [6.07, 6.45) is -4.70. The Balaban J connectivity index is 2.16. The van der Waals surface area contributed by atoms with Crippen molar-refractivity contribution in [2.24, 2.45) is 0 Å². The van der Waals surface area contributed by atoms with Crippen molar-refractivity contribution in [3.8, 4) is 0 Å². The molecule has 2 aromatic rings. The number of ether oxygens (including phenoxy) is 1. The first-order chi connectivity index (χ1) is 10.8. The molecule has 0 bridgehead atoms. The topological polar surface area (TPSA) is 116 Å². The van der Waals surface area contributed by atoms with Gasteiger partial charge in [-0.3, -0.25) is 4.79 Å². The van der Waals surface area contributed by atoms with Crippen molar-refractivity contribution in [1.29, 1.82) is 0 Å². The van der Waals surface area contributed by atoms with Crippen LogP contribution in [-0.2, 0) is 4.74 Å². The van der Waals surface area contributed by atoms with Crippen molar-refractivity contribution in [2.75, 3.05) is 6.61 Å². The van der Waals surface area contributed by atoms with E-state index >= 15 is 0 Å². The number of aliphatic hydroxyl groups is 3. The molecule has 1 fully saturated rings. The number of fused-ring (bicyclic) bond motifs is 1. The van der Waals surface area contributed by atoms with Crippen LogP contribution in [0.25, 0.3) is 11.0 Å². The molecule has 0 aromatic carbocycles. The van der Waals surface area contributed by atoms with Crippen LogP contribution in [0.5, 0.6) is 0 Å². The number of rotatable bonds is 2. The molecule has 0 radical (unpaired) electrons. The first-order valence-corrected chi connectivity index (χ1v) is 7.17.